The minimum absolute atomic E-state index is 0.202. The lowest BCUT2D eigenvalue weighted by Gasteiger charge is -2.09. The van der Waals surface area contributed by atoms with Gasteiger partial charge < -0.3 is 14.8 Å². The molecule has 0 spiro atoms. The van der Waals surface area contributed by atoms with Crippen molar-refractivity contribution >= 4 is 17.6 Å². The Balaban J connectivity index is 1.90. The Morgan fingerprint density at radius 2 is 1.92 bits per heavy atom. The van der Waals surface area contributed by atoms with Gasteiger partial charge in [-0.15, -0.1) is 0 Å². The molecule has 1 amide bonds. The van der Waals surface area contributed by atoms with E-state index >= 15 is 0 Å². The number of rotatable bonds is 6. The lowest BCUT2D eigenvalue weighted by Crippen LogP contribution is -2.20. The van der Waals surface area contributed by atoms with Gasteiger partial charge >= 0.3 is 5.97 Å². The van der Waals surface area contributed by atoms with Crippen molar-refractivity contribution in [2.45, 2.75) is 6.92 Å². The number of carbonyl (C=O) groups is 2. The second-order valence-electron chi connectivity index (χ2n) is 4.77. The Morgan fingerprint density at radius 3 is 2.58 bits per heavy atom. The lowest BCUT2D eigenvalue weighted by molar-refractivity contribution is -0.118. The van der Waals surface area contributed by atoms with Gasteiger partial charge in [0.05, 0.1) is 23.8 Å². The van der Waals surface area contributed by atoms with E-state index in [4.69, 9.17) is 14.7 Å². The quantitative estimate of drug-likeness (QED) is 0.825. The summed E-state index contributed by atoms with van der Waals surface area (Å²) in [6.07, 6.45) is 0. The zero-order chi connectivity index (χ0) is 17.4. The minimum atomic E-state index is -0.440. The largest absolute Gasteiger partial charge is 0.484 e. The summed E-state index contributed by atoms with van der Waals surface area (Å²) in [4.78, 5) is 23.5. The number of carbonyl (C=O) groups excluding carboxylic acids is 2. The summed E-state index contributed by atoms with van der Waals surface area (Å²) in [5, 5.41) is 11.4. The molecule has 0 aromatic heterocycles. The van der Waals surface area contributed by atoms with Gasteiger partial charge in [-0.3, -0.25) is 4.79 Å². The van der Waals surface area contributed by atoms with Crippen LogP contribution >= 0.6 is 0 Å². The molecule has 0 heterocycles. The summed E-state index contributed by atoms with van der Waals surface area (Å²) >= 11 is 0. The molecule has 0 unspecified atom stereocenters. The first-order valence-corrected chi connectivity index (χ1v) is 7.32. The summed E-state index contributed by atoms with van der Waals surface area (Å²) in [7, 11) is 0. The number of amides is 1. The standard InChI is InChI=1S/C18H16N2O4/c1-2-23-18(22)14-4-3-5-16(10-14)24-12-17(21)20-15-8-6-13(11-19)7-9-15/h3-10H,2,12H2,1H3,(H,20,21). The van der Waals surface area contributed by atoms with E-state index in [9.17, 15) is 9.59 Å². The number of benzene rings is 2. The van der Waals surface area contributed by atoms with Crippen LogP contribution in [-0.4, -0.2) is 25.1 Å². The van der Waals surface area contributed by atoms with Crippen molar-refractivity contribution in [3.05, 3.63) is 59.7 Å². The molecule has 0 aliphatic rings. The van der Waals surface area contributed by atoms with E-state index in [-0.39, 0.29) is 19.1 Å². The van der Waals surface area contributed by atoms with Crippen LogP contribution in [0.15, 0.2) is 48.5 Å². The molecule has 0 aliphatic heterocycles. The molecule has 2 aromatic carbocycles. The van der Waals surface area contributed by atoms with Crippen LogP contribution in [0.25, 0.3) is 0 Å². The monoisotopic (exact) mass is 324 g/mol. The summed E-state index contributed by atoms with van der Waals surface area (Å²) in [5.41, 5.74) is 1.45. The molecule has 0 saturated heterocycles. The second-order valence-corrected chi connectivity index (χ2v) is 4.77. The molecule has 6 heteroatoms. The Kier molecular flexibility index (Phi) is 5.92. The van der Waals surface area contributed by atoms with Crippen LogP contribution < -0.4 is 10.1 Å². The molecule has 0 bridgehead atoms. The number of esters is 1. The first-order valence-electron chi connectivity index (χ1n) is 7.32. The lowest BCUT2D eigenvalue weighted by atomic mass is 10.2. The highest BCUT2D eigenvalue weighted by Gasteiger charge is 2.09. The number of anilines is 1. The Hall–Kier alpha value is -3.33. The molecular weight excluding hydrogens is 308 g/mol. The fraction of sp³-hybridized carbons (Fsp3) is 0.167. The third-order valence-electron chi connectivity index (χ3n) is 3.01. The number of hydrogen-bond donors (Lipinski definition) is 1. The predicted molar refractivity (Wildman–Crippen MR) is 87.7 cm³/mol. The number of nitrogens with zero attached hydrogens (tertiary/aromatic N) is 1. The number of hydrogen-bond acceptors (Lipinski definition) is 5. The van der Waals surface area contributed by atoms with Crippen molar-refractivity contribution in [2.24, 2.45) is 0 Å². The maximum atomic E-state index is 11.9. The molecule has 0 fully saturated rings. The molecule has 2 aromatic rings. The van der Waals surface area contributed by atoms with E-state index in [1.54, 1.807) is 49.4 Å². The van der Waals surface area contributed by atoms with Crippen molar-refractivity contribution in [2.75, 3.05) is 18.5 Å². The SMILES string of the molecule is CCOC(=O)c1cccc(OCC(=O)Nc2ccc(C#N)cc2)c1. The predicted octanol–water partition coefficient (Wildman–Crippen LogP) is 2.75. The molecule has 0 radical (unpaired) electrons. The van der Waals surface area contributed by atoms with E-state index < -0.39 is 5.97 Å². The zero-order valence-corrected chi connectivity index (χ0v) is 13.1. The molecular formula is C18H16N2O4. The number of nitrogens with one attached hydrogen (secondary N) is 1. The Labute approximate surface area is 139 Å². The van der Waals surface area contributed by atoms with Gasteiger partial charge in [0, 0.05) is 5.69 Å². The molecule has 24 heavy (non-hydrogen) atoms. The van der Waals surface area contributed by atoms with Gasteiger partial charge in [-0.05, 0) is 49.4 Å². The van der Waals surface area contributed by atoms with E-state index in [1.807, 2.05) is 6.07 Å². The molecule has 2 rings (SSSR count). The van der Waals surface area contributed by atoms with Crippen molar-refractivity contribution < 1.29 is 19.1 Å². The summed E-state index contributed by atoms with van der Waals surface area (Å²) in [5.74, 6) is -0.387. The van der Waals surface area contributed by atoms with E-state index in [0.29, 0.717) is 22.6 Å². The third kappa shape index (κ3) is 4.85. The maximum Gasteiger partial charge on any atom is 0.338 e. The normalized spacial score (nSPS) is 9.67. The van der Waals surface area contributed by atoms with E-state index in [0.717, 1.165) is 0 Å². The molecule has 0 saturated carbocycles. The first-order chi connectivity index (χ1) is 11.6. The molecule has 1 N–H and O–H groups in total. The van der Waals surface area contributed by atoms with Gasteiger partial charge in [-0.25, -0.2) is 4.79 Å². The maximum absolute atomic E-state index is 11.9. The van der Waals surface area contributed by atoms with Gasteiger partial charge in [0.25, 0.3) is 5.91 Å². The third-order valence-corrected chi connectivity index (χ3v) is 3.01. The topological polar surface area (TPSA) is 88.4 Å². The van der Waals surface area contributed by atoms with Crippen LogP contribution in [0.5, 0.6) is 5.75 Å². The summed E-state index contributed by atoms with van der Waals surface area (Å²) in [6.45, 7) is 1.81. The van der Waals surface area contributed by atoms with Gasteiger partial charge in [0.2, 0.25) is 0 Å². The van der Waals surface area contributed by atoms with E-state index in [1.165, 1.54) is 6.07 Å². The van der Waals surface area contributed by atoms with Crippen molar-refractivity contribution in [3.63, 3.8) is 0 Å². The summed E-state index contributed by atoms with van der Waals surface area (Å²) < 4.78 is 10.3. The summed E-state index contributed by atoms with van der Waals surface area (Å²) in [6, 6.07) is 14.9. The molecule has 6 nitrogen and oxygen atoms in total. The van der Waals surface area contributed by atoms with Crippen LogP contribution in [-0.2, 0) is 9.53 Å². The average molecular weight is 324 g/mol. The Bertz CT molecular complexity index is 763. The van der Waals surface area contributed by atoms with Crippen molar-refractivity contribution in [3.8, 4) is 11.8 Å². The van der Waals surface area contributed by atoms with Crippen LogP contribution in [0.3, 0.4) is 0 Å². The van der Waals surface area contributed by atoms with Crippen LogP contribution in [0.1, 0.15) is 22.8 Å². The average Bonchev–Trinajstić information content (AvgIpc) is 2.61. The molecule has 0 aliphatic carbocycles. The second kappa shape index (κ2) is 8.34. The highest BCUT2D eigenvalue weighted by molar-refractivity contribution is 5.92. The molecule has 122 valence electrons. The first kappa shape index (κ1) is 17.0. The number of nitriles is 1. The van der Waals surface area contributed by atoms with Gasteiger partial charge in [-0.2, -0.15) is 5.26 Å². The van der Waals surface area contributed by atoms with Crippen LogP contribution in [0.4, 0.5) is 5.69 Å². The van der Waals surface area contributed by atoms with Crippen LogP contribution in [0.2, 0.25) is 0 Å². The van der Waals surface area contributed by atoms with Gasteiger partial charge in [0.1, 0.15) is 5.75 Å². The highest BCUT2D eigenvalue weighted by atomic mass is 16.5. The van der Waals surface area contributed by atoms with Gasteiger partial charge in [0.15, 0.2) is 6.61 Å². The smallest absolute Gasteiger partial charge is 0.338 e. The molecule has 0 atom stereocenters. The van der Waals surface area contributed by atoms with Crippen LogP contribution in [0, 0.1) is 11.3 Å². The fourth-order valence-electron chi connectivity index (χ4n) is 1.90. The van der Waals surface area contributed by atoms with Crippen molar-refractivity contribution in [1.29, 1.82) is 5.26 Å². The minimum Gasteiger partial charge on any atom is -0.484 e. The highest BCUT2D eigenvalue weighted by Crippen LogP contribution is 2.14. The van der Waals surface area contributed by atoms with E-state index in [2.05, 4.69) is 5.32 Å². The van der Waals surface area contributed by atoms with Gasteiger partial charge in [-0.1, -0.05) is 6.07 Å². The van der Waals surface area contributed by atoms with Crippen molar-refractivity contribution in [1.82, 2.24) is 0 Å². The Morgan fingerprint density at radius 1 is 1.17 bits per heavy atom. The zero-order valence-electron chi connectivity index (χ0n) is 13.1. The fourth-order valence-corrected chi connectivity index (χ4v) is 1.90. The number of ether oxygens (including phenoxy) is 2.